The lowest BCUT2D eigenvalue weighted by molar-refractivity contribution is 0.928. The first-order valence-electron chi connectivity index (χ1n) is 5.69. The molecule has 0 radical (unpaired) electrons. The molecule has 1 N–H and O–H groups in total. The number of thiophene rings is 1. The van der Waals surface area contributed by atoms with E-state index in [4.69, 9.17) is 23.2 Å². The molecule has 0 aliphatic rings. The van der Waals surface area contributed by atoms with Gasteiger partial charge in [-0.1, -0.05) is 30.1 Å². The first kappa shape index (κ1) is 13.6. The van der Waals surface area contributed by atoms with Crippen LogP contribution in [0.3, 0.4) is 0 Å². The summed E-state index contributed by atoms with van der Waals surface area (Å²) >= 11 is 13.4. The van der Waals surface area contributed by atoms with Crippen LogP contribution in [0.15, 0.2) is 18.2 Å². The second kappa shape index (κ2) is 6.36. The van der Waals surface area contributed by atoms with Gasteiger partial charge in [-0.15, -0.1) is 11.3 Å². The van der Waals surface area contributed by atoms with E-state index in [2.05, 4.69) is 15.3 Å². The van der Waals surface area contributed by atoms with Crippen molar-refractivity contribution < 1.29 is 0 Å². The molecule has 3 nitrogen and oxygen atoms in total. The number of hydrogen-bond donors (Lipinski definition) is 1. The van der Waals surface area contributed by atoms with Gasteiger partial charge in [-0.3, -0.25) is 0 Å². The maximum atomic E-state index is 5.92. The summed E-state index contributed by atoms with van der Waals surface area (Å²) in [5.74, 6) is 1.53. The van der Waals surface area contributed by atoms with E-state index in [1.165, 1.54) is 4.88 Å². The van der Waals surface area contributed by atoms with Crippen LogP contribution >= 0.6 is 34.5 Å². The SMILES string of the molecule is CCc1nc(Cl)cc(NCCc2ccc(Cl)s2)n1. The van der Waals surface area contributed by atoms with Gasteiger partial charge in [-0.05, 0) is 18.6 Å². The summed E-state index contributed by atoms with van der Waals surface area (Å²) < 4.78 is 0.823. The lowest BCUT2D eigenvalue weighted by atomic mass is 10.3. The van der Waals surface area contributed by atoms with Crippen molar-refractivity contribution in [1.29, 1.82) is 0 Å². The molecule has 2 aromatic heterocycles. The zero-order chi connectivity index (χ0) is 13.0. The molecule has 2 heterocycles. The van der Waals surface area contributed by atoms with Crippen LogP contribution in [-0.4, -0.2) is 16.5 Å². The molecular weight excluding hydrogens is 289 g/mol. The predicted molar refractivity (Wildman–Crippen MR) is 77.9 cm³/mol. The molecular formula is C12H13Cl2N3S. The van der Waals surface area contributed by atoms with Crippen LogP contribution in [0.2, 0.25) is 9.49 Å². The maximum absolute atomic E-state index is 5.92. The summed E-state index contributed by atoms with van der Waals surface area (Å²) in [7, 11) is 0. The molecule has 0 aromatic carbocycles. The number of aryl methyl sites for hydroxylation is 1. The van der Waals surface area contributed by atoms with Crippen molar-refractivity contribution in [2.45, 2.75) is 19.8 Å². The van der Waals surface area contributed by atoms with Crippen molar-refractivity contribution in [2.24, 2.45) is 0 Å². The van der Waals surface area contributed by atoms with Crippen molar-refractivity contribution in [2.75, 3.05) is 11.9 Å². The van der Waals surface area contributed by atoms with E-state index in [1.54, 1.807) is 17.4 Å². The average molecular weight is 302 g/mol. The number of aromatic nitrogens is 2. The molecule has 6 heteroatoms. The van der Waals surface area contributed by atoms with Gasteiger partial charge in [0.1, 0.15) is 16.8 Å². The van der Waals surface area contributed by atoms with E-state index in [-0.39, 0.29) is 0 Å². The quantitative estimate of drug-likeness (QED) is 0.846. The van der Waals surface area contributed by atoms with E-state index >= 15 is 0 Å². The standard InChI is InChI=1S/C12H13Cl2N3S/c1-2-11-16-9(13)7-12(17-11)15-6-5-8-3-4-10(14)18-8/h3-4,7H,2,5-6H2,1H3,(H,15,16,17). The van der Waals surface area contributed by atoms with Crippen molar-refractivity contribution in [3.63, 3.8) is 0 Å². The number of rotatable bonds is 5. The van der Waals surface area contributed by atoms with Crippen LogP contribution in [-0.2, 0) is 12.8 Å². The molecule has 0 saturated carbocycles. The Bertz CT molecular complexity index is 528. The van der Waals surface area contributed by atoms with Crippen LogP contribution in [0, 0.1) is 0 Å². The Hall–Kier alpha value is -0.840. The fraction of sp³-hybridized carbons (Fsp3) is 0.333. The summed E-state index contributed by atoms with van der Waals surface area (Å²) in [5.41, 5.74) is 0. The van der Waals surface area contributed by atoms with Gasteiger partial charge in [0.2, 0.25) is 0 Å². The fourth-order valence-electron chi connectivity index (χ4n) is 1.51. The minimum atomic E-state index is 0.475. The van der Waals surface area contributed by atoms with Gasteiger partial charge < -0.3 is 5.32 Å². The summed E-state index contributed by atoms with van der Waals surface area (Å²) in [6, 6.07) is 5.69. The van der Waals surface area contributed by atoms with E-state index < -0.39 is 0 Å². The van der Waals surface area contributed by atoms with Crippen LogP contribution in [0.4, 0.5) is 5.82 Å². The minimum absolute atomic E-state index is 0.475. The summed E-state index contributed by atoms with van der Waals surface area (Å²) in [6.07, 6.45) is 1.69. The Labute approximate surface area is 120 Å². The third kappa shape index (κ3) is 3.83. The number of hydrogen-bond acceptors (Lipinski definition) is 4. The molecule has 0 saturated heterocycles. The summed E-state index contributed by atoms with van der Waals surface area (Å²) in [4.78, 5) is 9.73. The second-order valence-electron chi connectivity index (χ2n) is 3.73. The van der Waals surface area contributed by atoms with Crippen LogP contribution in [0.1, 0.15) is 17.6 Å². The van der Waals surface area contributed by atoms with Crippen molar-refractivity contribution in [3.05, 3.63) is 38.4 Å². The Balaban J connectivity index is 1.91. The predicted octanol–water partition coefficient (Wildman–Crippen LogP) is 4.06. The van der Waals surface area contributed by atoms with Crippen molar-refractivity contribution in [3.8, 4) is 0 Å². The Morgan fingerprint density at radius 2 is 2.11 bits per heavy atom. The highest BCUT2D eigenvalue weighted by Crippen LogP contribution is 2.21. The third-order valence-electron chi connectivity index (χ3n) is 2.36. The minimum Gasteiger partial charge on any atom is -0.370 e. The maximum Gasteiger partial charge on any atom is 0.134 e. The summed E-state index contributed by atoms with van der Waals surface area (Å²) in [6.45, 7) is 2.80. The molecule has 0 fully saturated rings. The first-order valence-corrected chi connectivity index (χ1v) is 7.26. The smallest absolute Gasteiger partial charge is 0.134 e. The molecule has 0 bridgehead atoms. The van der Waals surface area contributed by atoms with Gasteiger partial charge in [-0.2, -0.15) is 0 Å². The molecule has 0 aliphatic heterocycles. The van der Waals surface area contributed by atoms with Crippen LogP contribution in [0.25, 0.3) is 0 Å². The molecule has 2 rings (SSSR count). The van der Waals surface area contributed by atoms with Crippen molar-refractivity contribution >= 4 is 40.4 Å². The molecule has 0 amide bonds. The third-order valence-corrected chi connectivity index (χ3v) is 3.85. The number of anilines is 1. The number of nitrogens with zero attached hydrogens (tertiary/aromatic N) is 2. The molecule has 18 heavy (non-hydrogen) atoms. The lowest BCUT2D eigenvalue weighted by Gasteiger charge is -2.06. The molecule has 0 unspecified atom stereocenters. The first-order chi connectivity index (χ1) is 8.67. The second-order valence-corrected chi connectivity index (χ2v) is 5.92. The van der Waals surface area contributed by atoms with E-state index in [0.29, 0.717) is 5.15 Å². The lowest BCUT2D eigenvalue weighted by Crippen LogP contribution is -2.07. The topological polar surface area (TPSA) is 37.8 Å². The van der Waals surface area contributed by atoms with Crippen LogP contribution in [0.5, 0.6) is 0 Å². The number of halogens is 2. The van der Waals surface area contributed by atoms with Gasteiger partial charge in [0.25, 0.3) is 0 Å². The Morgan fingerprint density at radius 1 is 1.28 bits per heavy atom. The molecule has 2 aromatic rings. The molecule has 0 aliphatic carbocycles. The van der Waals surface area contributed by atoms with Gasteiger partial charge in [0.05, 0.1) is 4.34 Å². The fourth-order valence-corrected chi connectivity index (χ4v) is 2.80. The Kier molecular flexibility index (Phi) is 4.80. The summed E-state index contributed by atoms with van der Waals surface area (Å²) in [5, 5.41) is 3.72. The Morgan fingerprint density at radius 3 is 2.78 bits per heavy atom. The van der Waals surface area contributed by atoms with Crippen LogP contribution < -0.4 is 5.32 Å². The van der Waals surface area contributed by atoms with Gasteiger partial charge in [0.15, 0.2) is 0 Å². The zero-order valence-electron chi connectivity index (χ0n) is 9.91. The normalized spacial score (nSPS) is 10.6. The van der Waals surface area contributed by atoms with E-state index in [0.717, 1.165) is 35.4 Å². The van der Waals surface area contributed by atoms with Gasteiger partial charge in [0, 0.05) is 23.9 Å². The largest absolute Gasteiger partial charge is 0.370 e. The zero-order valence-corrected chi connectivity index (χ0v) is 12.2. The molecule has 0 spiro atoms. The highest BCUT2D eigenvalue weighted by Gasteiger charge is 2.02. The van der Waals surface area contributed by atoms with Gasteiger partial charge in [-0.25, -0.2) is 9.97 Å². The highest BCUT2D eigenvalue weighted by atomic mass is 35.5. The molecule has 96 valence electrons. The van der Waals surface area contributed by atoms with Crippen molar-refractivity contribution in [1.82, 2.24) is 9.97 Å². The van der Waals surface area contributed by atoms with E-state index in [1.807, 2.05) is 19.1 Å². The monoisotopic (exact) mass is 301 g/mol. The number of nitrogens with one attached hydrogen (secondary N) is 1. The van der Waals surface area contributed by atoms with Gasteiger partial charge >= 0.3 is 0 Å². The average Bonchev–Trinajstić information content (AvgIpc) is 2.74. The highest BCUT2D eigenvalue weighted by molar-refractivity contribution is 7.16. The molecule has 0 atom stereocenters. The van der Waals surface area contributed by atoms with E-state index in [9.17, 15) is 0 Å².